The second kappa shape index (κ2) is 4.85. The van der Waals surface area contributed by atoms with Crippen LogP contribution in [0.4, 0.5) is 0 Å². The van der Waals surface area contributed by atoms with Crippen molar-refractivity contribution in [1.82, 2.24) is 4.90 Å². The van der Waals surface area contributed by atoms with Crippen molar-refractivity contribution < 1.29 is 9.47 Å². The average Bonchev–Trinajstić information content (AvgIpc) is 2.32. The average molecular weight is 221 g/mol. The molecule has 2 rings (SSSR count). The molecule has 0 fully saturated rings. The van der Waals surface area contributed by atoms with E-state index in [4.69, 9.17) is 9.47 Å². The first-order valence-electron chi connectivity index (χ1n) is 5.62. The number of methoxy groups -OCH3 is 2. The molecule has 3 heteroatoms. The molecule has 0 amide bonds. The molecule has 0 bridgehead atoms. The van der Waals surface area contributed by atoms with Gasteiger partial charge in [-0.15, -0.1) is 0 Å². The van der Waals surface area contributed by atoms with Crippen LogP contribution in [0.3, 0.4) is 0 Å². The van der Waals surface area contributed by atoms with Gasteiger partial charge in [0.2, 0.25) is 0 Å². The molecule has 1 atom stereocenters. The highest BCUT2D eigenvalue weighted by molar-refractivity contribution is 5.39. The van der Waals surface area contributed by atoms with Gasteiger partial charge in [0, 0.05) is 13.7 Å². The molecule has 1 aliphatic heterocycles. The van der Waals surface area contributed by atoms with E-state index in [-0.39, 0.29) is 0 Å². The van der Waals surface area contributed by atoms with E-state index in [0.717, 1.165) is 25.3 Å². The van der Waals surface area contributed by atoms with E-state index >= 15 is 0 Å². The van der Waals surface area contributed by atoms with Gasteiger partial charge in [-0.25, -0.2) is 0 Å². The number of nitrogens with zero attached hydrogens (tertiary/aromatic N) is 1. The van der Waals surface area contributed by atoms with Crippen molar-refractivity contribution in [3.05, 3.63) is 29.3 Å². The van der Waals surface area contributed by atoms with E-state index in [0.29, 0.717) is 6.04 Å². The molecule has 88 valence electrons. The van der Waals surface area contributed by atoms with Gasteiger partial charge in [-0.05, 0) is 36.7 Å². The SMILES string of the molecule is COCC1c2ccc(OC)cc2CCN1C. The van der Waals surface area contributed by atoms with Gasteiger partial charge in [-0.3, -0.25) is 4.90 Å². The molecule has 1 heterocycles. The van der Waals surface area contributed by atoms with Crippen LogP contribution in [0.2, 0.25) is 0 Å². The highest BCUT2D eigenvalue weighted by Crippen LogP contribution is 2.31. The second-order valence-electron chi connectivity index (χ2n) is 4.27. The van der Waals surface area contributed by atoms with E-state index in [2.05, 4.69) is 24.1 Å². The molecule has 0 aliphatic carbocycles. The van der Waals surface area contributed by atoms with Gasteiger partial charge in [0.1, 0.15) is 5.75 Å². The number of fused-ring (bicyclic) bond motifs is 1. The monoisotopic (exact) mass is 221 g/mol. The first-order chi connectivity index (χ1) is 7.76. The van der Waals surface area contributed by atoms with Gasteiger partial charge in [0.05, 0.1) is 19.8 Å². The molecule has 1 aromatic rings. The lowest BCUT2D eigenvalue weighted by Gasteiger charge is -2.34. The quantitative estimate of drug-likeness (QED) is 0.777. The van der Waals surface area contributed by atoms with Crippen molar-refractivity contribution in [2.45, 2.75) is 12.5 Å². The summed E-state index contributed by atoms with van der Waals surface area (Å²) >= 11 is 0. The third-order valence-electron chi connectivity index (χ3n) is 3.30. The summed E-state index contributed by atoms with van der Waals surface area (Å²) in [7, 11) is 5.62. The minimum Gasteiger partial charge on any atom is -0.497 e. The zero-order chi connectivity index (χ0) is 11.5. The predicted octanol–water partition coefficient (Wildman–Crippen LogP) is 1.87. The highest BCUT2D eigenvalue weighted by atomic mass is 16.5. The number of likely N-dealkylation sites (N-methyl/N-ethyl adjacent to an activating group) is 1. The van der Waals surface area contributed by atoms with Crippen LogP contribution in [0, 0.1) is 0 Å². The van der Waals surface area contributed by atoms with Gasteiger partial charge in [0.15, 0.2) is 0 Å². The summed E-state index contributed by atoms with van der Waals surface area (Å²) in [6, 6.07) is 6.71. The molecule has 0 saturated carbocycles. The fourth-order valence-electron chi connectivity index (χ4n) is 2.32. The van der Waals surface area contributed by atoms with Crippen LogP contribution >= 0.6 is 0 Å². The largest absolute Gasteiger partial charge is 0.497 e. The summed E-state index contributed by atoms with van der Waals surface area (Å²) in [6.45, 7) is 1.82. The minimum absolute atomic E-state index is 0.375. The molecule has 16 heavy (non-hydrogen) atoms. The summed E-state index contributed by atoms with van der Waals surface area (Å²) in [5.74, 6) is 0.944. The third kappa shape index (κ3) is 2.06. The Labute approximate surface area is 97.0 Å². The molecule has 1 aliphatic rings. The second-order valence-corrected chi connectivity index (χ2v) is 4.27. The van der Waals surface area contributed by atoms with Gasteiger partial charge in [-0.1, -0.05) is 6.07 Å². The summed E-state index contributed by atoms with van der Waals surface area (Å²) in [5.41, 5.74) is 2.76. The van der Waals surface area contributed by atoms with Crippen molar-refractivity contribution in [2.24, 2.45) is 0 Å². The zero-order valence-electron chi connectivity index (χ0n) is 10.2. The standard InChI is InChI=1S/C13H19NO2/c1-14-7-6-10-8-11(16-3)4-5-12(10)13(14)9-15-2/h4-5,8,13H,6-7,9H2,1-3H3. The van der Waals surface area contributed by atoms with Crippen LogP contribution in [0.5, 0.6) is 5.75 Å². The molecule has 0 spiro atoms. The Kier molecular flexibility index (Phi) is 3.46. The van der Waals surface area contributed by atoms with Crippen molar-refractivity contribution >= 4 is 0 Å². The highest BCUT2D eigenvalue weighted by Gasteiger charge is 2.24. The predicted molar refractivity (Wildman–Crippen MR) is 63.9 cm³/mol. The Morgan fingerprint density at radius 2 is 2.19 bits per heavy atom. The molecular formula is C13H19NO2. The summed E-state index contributed by atoms with van der Waals surface area (Å²) in [5, 5.41) is 0. The number of ether oxygens (including phenoxy) is 2. The van der Waals surface area contributed by atoms with E-state index in [1.807, 2.05) is 6.07 Å². The minimum atomic E-state index is 0.375. The summed E-state index contributed by atoms with van der Waals surface area (Å²) in [6.07, 6.45) is 1.09. The maximum Gasteiger partial charge on any atom is 0.119 e. The molecule has 0 saturated heterocycles. The molecular weight excluding hydrogens is 202 g/mol. The number of rotatable bonds is 3. The van der Waals surface area contributed by atoms with Crippen LogP contribution in [-0.2, 0) is 11.2 Å². The van der Waals surface area contributed by atoms with Crippen LogP contribution in [0.15, 0.2) is 18.2 Å². The van der Waals surface area contributed by atoms with Crippen LogP contribution in [0.25, 0.3) is 0 Å². The lowest BCUT2D eigenvalue weighted by molar-refractivity contribution is 0.100. The molecule has 0 radical (unpaired) electrons. The van der Waals surface area contributed by atoms with Crippen molar-refractivity contribution in [2.75, 3.05) is 34.4 Å². The Morgan fingerprint density at radius 3 is 2.88 bits per heavy atom. The number of benzene rings is 1. The van der Waals surface area contributed by atoms with E-state index in [1.54, 1.807) is 14.2 Å². The van der Waals surface area contributed by atoms with E-state index in [9.17, 15) is 0 Å². The van der Waals surface area contributed by atoms with Crippen molar-refractivity contribution in [3.63, 3.8) is 0 Å². The first-order valence-corrected chi connectivity index (χ1v) is 5.62. The smallest absolute Gasteiger partial charge is 0.119 e. The van der Waals surface area contributed by atoms with Gasteiger partial charge >= 0.3 is 0 Å². The maximum absolute atomic E-state index is 5.29. The van der Waals surface area contributed by atoms with Crippen LogP contribution in [0.1, 0.15) is 17.2 Å². The van der Waals surface area contributed by atoms with Crippen molar-refractivity contribution in [1.29, 1.82) is 0 Å². The number of hydrogen-bond donors (Lipinski definition) is 0. The van der Waals surface area contributed by atoms with Gasteiger partial charge < -0.3 is 9.47 Å². The Balaban J connectivity index is 2.32. The maximum atomic E-state index is 5.29. The van der Waals surface area contributed by atoms with Crippen LogP contribution in [-0.4, -0.2) is 39.3 Å². The molecule has 0 aromatic heterocycles. The topological polar surface area (TPSA) is 21.7 Å². The fraction of sp³-hybridized carbons (Fsp3) is 0.538. The van der Waals surface area contributed by atoms with E-state index in [1.165, 1.54) is 11.1 Å². The Hall–Kier alpha value is -1.06. The summed E-state index contributed by atoms with van der Waals surface area (Å²) in [4.78, 5) is 2.35. The molecule has 1 unspecified atom stereocenters. The molecule has 3 nitrogen and oxygen atoms in total. The van der Waals surface area contributed by atoms with Crippen molar-refractivity contribution in [3.8, 4) is 5.75 Å². The lowest BCUT2D eigenvalue weighted by Crippen LogP contribution is -2.34. The Bertz CT molecular complexity index is 365. The first kappa shape index (κ1) is 11.4. The van der Waals surface area contributed by atoms with E-state index < -0.39 is 0 Å². The normalized spacial score (nSPS) is 20.6. The van der Waals surface area contributed by atoms with Gasteiger partial charge in [-0.2, -0.15) is 0 Å². The summed E-state index contributed by atoms with van der Waals surface area (Å²) < 4.78 is 10.5. The fourth-order valence-corrected chi connectivity index (χ4v) is 2.32. The lowest BCUT2D eigenvalue weighted by atomic mass is 9.93. The van der Waals surface area contributed by atoms with Gasteiger partial charge in [0.25, 0.3) is 0 Å². The third-order valence-corrected chi connectivity index (χ3v) is 3.30. The van der Waals surface area contributed by atoms with Crippen LogP contribution < -0.4 is 4.74 Å². The Morgan fingerprint density at radius 1 is 1.38 bits per heavy atom. The molecule has 0 N–H and O–H groups in total. The molecule has 1 aromatic carbocycles. The zero-order valence-corrected chi connectivity index (χ0v) is 10.2. The number of hydrogen-bond acceptors (Lipinski definition) is 3.